The van der Waals surface area contributed by atoms with Gasteiger partial charge in [-0.1, -0.05) is 23.7 Å². The van der Waals surface area contributed by atoms with Crippen LogP contribution in [0, 0.1) is 5.92 Å². The Bertz CT molecular complexity index is 835. The second kappa shape index (κ2) is 7.13. The molecule has 0 saturated carbocycles. The average Bonchev–Trinajstić information content (AvgIpc) is 2.79. The van der Waals surface area contributed by atoms with Crippen molar-refractivity contribution in [2.24, 2.45) is 5.92 Å². The Hall–Kier alpha value is -1.71. The first-order chi connectivity index (χ1) is 12.5. The number of rotatable bonds is 2. The highest BCUT2D eigenvalue weighted by Crippen LogP contribution is 2.43. The molecule has 3 atom stereocenters. The molecule has 3 nitrogen and oxygen atoms in total. The molecule has 26 heavy (non-hydrogen) atoms. The first-order valence-electron chi connectivity index (χ1n) is 9.47. The summed E-state index contributed by atoms with van der Waals surface area (Å²) in [6.07, 6.45) is 5.88. The van der Waals surface area contributed by atoms with Gasteiger partial charge < -0.3 is 0 Å². The summed E-state index contributed by atoms with van der Waals surface area (Å²) < 4.78 is 0. The molecule has 0 amide bonds. The number of aromatic nitrogens is 1. The molecule has 2 unspecified atom stereocenters. The van der Waals surface area contributed by atoms with E-state index >= 15 is 0 Å². The number of carbonyl (C=O) groups excluding carboxylic acids is 1. The predicted molar refractivity (Wildman–Crippen MR) is 105 cm³/mol. The van der Waals surface area contributed by atoms with Crippen molar-refractivity contribution in [3.63, 3.8) is 0 Å². The molecule has 1 aromatic carbocycles. The van der Waals surface area contributed by atoms with Crippen LogP contribution < -0.4 is 0 Å². The van der Waals surface area contributed by atoms with Crippen LogP contribution in [0.1, 0.15) is 48.1 Å². The molecule has 2 aromatic rings. The first kappa shape index (κ1) is 17.7. The summed E-state index contributed by atoms with van der Waals surface area (Å²) in [5, 5.41) is 0.798. The van der Waals surface area contributed by atoms with Crippen LogP contribution in [-0.2, 0) is 17.6 Å². The number of aryl methyl sites for hydroxylation is 2. The second-order valence-corrected chi connectivity index (χ2v) is 8.20. The molecule has 1 fully saturated rings. The highest BCUT2D eigenvalue weighted by atomic mass is 35.5. The fraction of sp³-hybridized carbons (Fsp3) is 0.455. The number of likely N-dealkylation sites (tertiary alicyclic amines) is 1. The van der Waals surface area contributed by atoms with Crippen molar-refractivity contribution in [2.75, 3.05) is 13.6 Å². The van der Waals surface area contributed by atoms with E-state index in [4.69, 9.17) is 16.6 Å². The third kappa shape index (κ3) is 3.19. The molecule has 136 valence electrons. The Morgan fingerprint density at radius 2 is 2.04 bits per heavy atom. The van der Waals surface area contributed by atoms with Gasteiger partial charge in [0.15, 0.2) is 0 Å². The molecule has 1 aliphatic carbocycles. The highest BCUT2D eigenvalue weighted by Gasteiger charge is 2.37. The van der Waals surface area contributed by atoms with Gasteiger partial charge in [0, 0.05) is 17.1 Å². The van der Waals surface area contributed by atoms with Gasteiger partial charge in [0.05, 0.1) is 11.7 Å². The lowest BCUT2D eigenvalue weighted by Crippen LogP contribution is -2.45. The number of ketones is 1. The summed E-state index contributed by atoms with van der Waals surface area (Å²) in [4.78, 5) is 19.2. The van der Waals surface area contributed by atoms with Gasteiger partial charge >= 0.3 is 0 Å². The third-order valence-corrected chi connectivity index (χ3v) is 6.41. The number of fused-ring (bicyclic) bond motifs is 2. The van der Waals surface area contributed by atoms with Gasteiger partial charge in [-0.2, -0.15) is 0 Å². The SMILES string of the molecule is CC(=O)[C@H]1CC(C2c3ccc(Cl)cc3CCc3cccnc32)CCN1C. The summed E-state index contributed by atoms with van der Waals surface area (Å²) in [5.41, 5.74) is 5.22. The molecule has 0 radical (unpaired) electrons. The van der Waals surface area contributed by atoms with E-state index in [9.17, 15) is 4.79 Å². The zero-order valence-corrected chi connectivity index (χ0v) is 16.2. The van der Waals surface area contributed by atoms with Crippen molar-refractivity contribution >= 4 is 17.4 Å². The van der Waals surface area contributed by atoms with Crippen molar-refractivity contribution in [1.29, 1.82) is 0 Å². The van der Waals surface area contributed by atoms with Gasteiger partial charge in [-0.25, -0.2) is 0 Å². The summed E-state index contributed by atoms with van der Waals surface area (Å²) in [6, 6.07) is 10.6. The predicted octanol–water partition coefficient (Wildman–Crippen LogP) is 4.26. The van der Waals surface area contributed by atoms with Crippen LogP contribution in [0.15, 0.2) is 36.5 Å². The molecular weight excluding hydrogens is 344 g/mol. The minimum absolute atomic E-state index is 0.0138. The Morgan fingerprint density at radius 3 is 2.85 bits per heavy atom. The van der Waals surface area contributed by atoms with Crippen molar-refractivity contribution < 1.29 is 4.79 Å². The topological polar surface area (TPSA) is 33.2 Å². The Labute approximate surface area is 160 Å². The molecule has 1 aromatic heterocycles. The lowest BCUT2D eigenvalue weighted by Gasteiger charge is -2.39. The lowest BCUT2D eigenvalue weighted by atomic mass is 9.74. The van der Waals surface area contributed by atoms with Gasteiger partial charge in [0.1, 0.15) is 5.78 Å². The van der Waals surface area contributed by atoms with Crippen LogP contribution in [0.3, 0.4) is 0 Å². The lowest BCUT2D eigenvalue weighted by molar-refractivity contribution is -0.123. The fourth-order valence-corrected chi connectivity index (χ4v) is 5.01. The molecular formula is C22H25ClN2O. The second-order valence-electron chi connectivity index (χ2n) is 7.76. The summed E-state index contributed by atoms with van der Waals surface area (Å²) >= 11 is 6.29. The van der Waals surface area contributed by atoms with E-state index in [0.717, 1.165) is 37.3 Å². The molecule has 1 saturated heterocycles. The van der Waals surface area contributed by atoms with Gasteiger partial charge in [0.2, 0.25) is 0 Å². The van der Waals surface area contributed by atoms with E-state index in [2.05, 4.69) is 30.1 Å². The van der Waals surface area contributed by atoms with Crippen LogP contribution in [0.4, 0.5) is 0 Å². The number of Topliss-reactive ketones (excluding diaryl/α,β-unsaturated/α-hetero) is 1. The maximum atomic E-state index is 12.2. The van der Waals surface area contributed by atoms with E-state index in [1.165, 1.54) is 22.4 Å². The van der Waals surface area contributed by atoms with Gasteiger partial charge in [-0.05, 0) is 87.0 Å². The minimum Gasteiger partial charge on any atom is -0.298 e. The number of piperidine rings is 1. The number of likely N-dealkylation sites (N-methyl/N-ethyl adjacent to an activating group) is 1. The monoisotopic (exact) mass is 368 g/mol. The number of benzene rings is 1. The summed E-state index contributed by atoms with van der Waals surface area (Å²) in [5.74, 6) is 0.937. The first-order valence-corrected chi connectivity index (χ1v) is 9.85. The van der Waals surface area contributed by atoms with Crippen molar-refractivity contribution in [2.45, 2.75) is 44.6 Å². The average molecular weight is 369 g/mol. The molecule has 0 N–H and O–H groups in total. The van der Waals surface area contributed by atoms with Crippen LogP contribution in [0.5, 0.6) is 0 Å². The summed E-state index contributed by atoms with van der Waals surface area (Å²) in [6.45, 7) is 2.67. The summed E-state index contributed by atoms with van der Waals surface area (Å²) in [7, 11) is 2.06. The number of carbonyl (C=O) groups is 1. The molecule has 1 aliphatic heterocycles. The smallest absolute Gasteiger partial charge is 0.146 e. The number of hydrogen-bond acceptors (Lipinski definition) is 3. The molecule has 2 aliphatic rings. The quantitative estimate of drug-likeness (QED) is 0.793. The van der Waals surface area contributed by atoms with Crippen LogP contribution in [0.25, 0.3) is 0 Å². The van der Waals surface area contributed by atoms with E-state index in [-0.39, 0.29) is 17.7 Å². The number of halogens is 1. The third-order valence-electron chi connectivity index (χ3n) is 6.18. The van der Waals surface area contributed by atoms with Gasteiger partial charge in [-0.15, -0.1) is 0 Å². The van der Waals surface area contributed by atoms with Crippen molar-refractivity contribution in [3.05, 3.63) is 63.9 Å². The maximum Gasteiger partial charge on any atom is 0.146 e. The van der Waals surface area contributed by atoms with Gasteiger partial charge in [0.25, 0.3) is 0 Å². The van der Waals surface area contributed by atoms with E-state index < -0.39 is 0 Å². The fourth-order valence-electron chi connectivity index (χ4n) is 4.82. The zero-order chi connectivity index (χ0) is 18.3. The van der Waals surface area contributed by atoms with Crippen LogP contribution in [-0.4, -0.2) is 35.3 Å². The molecule has 0 bridgehead atoms. The van der Waals surface area contributed by atoms with Crippen molar-refractivity contribution in [3.8, 4) is 0 Å². The van der Waals surface area contributed by atoms with Crippen LogP contribution >= 0.6 is 11.6 Å². The van der Waals surface area contributed by atoms with Gasteiger partial charge in [-0.3, -0.25) is 14.7 Å². The normalized spacial score (nSPS) is 25.9. The zero-order valence-electron chi connectivity index (χ0n) is 15.4. The standard InChI is InChI=1S/C22H25ClN2O/c1-14(26)20-13-17(9-11-25(20)2)21-19-8-7-18(23)12-16(19)6-5-15-4-3-10-24-22(15)21/h3-4,7-8,10,12,17,20-21H,5-6,9,11,13H2,1-2H3/t17?,20-,21?/m1/s1. The van der Waals surface area contributed by atoms with Crippen molar-refractivity contribution in [1.82, 2.24) is 9.88 Å². The Kier molecular flexibility index (Phi) is 4.85. The Morgan fingerprint density at radius 1 is 1.23 bits per heavy atom. The highest BCUT2D eigenvalue weighted by molar-refractivity contribution is 6.30. The van der Waals surface area contributed by atoms with E-state index in [1.54, 1.807) is 6.92 Å². The van der Waals surface area contributed by atoms with Crippen LogP contribution in [0.2, 0.25) is 5.02 Å². The van der Waals surface area contributed by atoms with E-state index in [1.807, 2.05) is 18.3 Å². The number of nitrogens with zero attached hydrogens (tertiary/aromatic N) is 2. The molecule has 0 spiro atoms. The maximum absolute atomic E-state index is 12.2. The Balaban J connectivity index is 1.80. The number of pyridine rings is 1. The largest absolute Gasteiger partial charge is 0.298 e. The minimum atomic E-state index is 0.0138. The number of hydrogen-bond donors (Lipinski definition) is 0. The molecule has 4 rings (SSSR count). The van der Waals surface area contributed by atoms with E-state index in [0.29, 0.717) is 5.92 Å². The molecule has 2 heterocycles. The molecule has 4 heteroatoms.